The maximum absolute atomic E-state index is 10.5. The van der Waals surface area contributed by atoms with E-state index in [1.165, 1.54) is 0 Å². The smallest absolute Gasteiger partial charge is 0.233 e. The van der Waals surface area contributed by atoms with Crippen molar-refractivity contribution in [3.8, 4) is 0 Å². The number of sulfonamides is 1. The molecule has 0 saturated heterocycles. The average Bonchev–Trinajstić information content (AvgIpc) is 2.04. The van der Waals surface area contributed by atoms with Crippen molar-refractivity contribution in [3.63, 3.8) is 0 Å². The van der Waals surface area contributed by atoms with E-state index in [0.29, 0.717) is 0 Å². The molecule has 0 spiro atoms. The van der Waals surface area contributed by atoms with E-state index >= 15 is 0 Å². The first-order valence-corrected chi connectivity index (χ1v) is 5.41. The first-order valence-electron chi connectivity index (χ1n) is 3.70. The minimum absolute atomic E-state index is 0.261. The van der Waals surface area contributed by atoms with Crippen LogP contribution in [-0.2, 0) is 21.4 Å². The zero-order valence-corrected chi connectivity index (χ0v) is 7.83. The largest absolute Gasteiger partial charge is 0.359 e. The van der Waals surface area contributed by atoms with Gasteiger partial charge in [-0.15, -0.1) is 0 Å². The molecule has 5 heteroatoms. The van der Waals surface area contributed by atoms with Gasteiger partial charge in [0.2, 0.25) is 10.0 Å². The van der Waals surface area contributed by atoms with Gasteiger partial charge in [-0.25, -0.2) is 13.6 Å². The van der Waals surface area contributed by atoms with E-state index in [2.05, 4.69) is 0 Å². The topological polar surface area (TPSA) is 69.4 Å². The molecule has 0 aliphatic heterocycles. The minimum Gasteiger partial charge on any atom is -0.359 e. The minimum atomic E-state index is -3.52. The molecule has 0 atom stereocenters. The van der Waals surface area contributed by atoms with Crippen LogP contribution in [-0.4, -0.2) is 14.4 Å². The third-order valence-electron chi connectivity index (χ3n) is 1.36. The van der Waals surface area contributed by atoms with Gasteiger partial charge in [0.15, 0.2) is 5.94 Å². The van der Waals surface area contributed by atoms with Gasteiger partial charge in [0, 0.05) is 0 Å². The Kier molecular flexibility index (Phi) is 3.41. The summed E-state index contributed by atoms with van der Waals surface area (Å²) in [7, 11) is -3.52. The number of hydrogen-bond acceptors (Lipinski definition) is 3. The quantitative estimate of drug-likeness (QED) is 0.768. The molecule has 2 N–H and O–H groups in total. The lowest BCUT2D eigenvalue weighted by molar-refractivity contribution is 0.163. The van der Waals surface area contributed by atoms with E-state index in [9.17, 15) is 8.42 Å². The summed E-state index contributed by atoms with van der Waals surface area (Å²) >= 11 is 0. The highest BCUT2D eigenvalue weighted by atomic mass is 32.2. The average molecular weight is 201 g/mol. The molecule has 1 aromatic rings. The standard InChI is InChI=1S/C8H11NO3S/c9-13(10,11)7-12-6-8-4-2-1-3-5-8/h1-5H,6-7H2,(H2,9,10,11). The predicted molar refractivity (Wildman–Crippen MR) is 49.2 cm³/mol. The van der Waals surface area contributed by atoms with E-state index in [-0.39, 0.29) is 6.61 Å². The van der Waals surface area contributed by atoms with Crippen molar-refractivity contribution in [2.45, 2.75) is 6.61 Å². The Balaban J connectivity index is 2.37. The van der Waals surface area contributed by atoms with Crippen LogP contribution in [0.1, 0.15) is 5.56 Å². The lowest BCUT2D eigenvalue weighted by Crippen LogP contribution is -2.18. The summed E-state index contributed by atoms with van der Waals surface area (Å²) in [6.45, 7) is 0.261. The van der Waals surface area contributed by atoms with Crippen LogP contribution in [0.15, 0.2) is 30.3 Å². The molecule has 0 heterocycles. The maximum Gasteiger partial charge on any atom is 0.233 e. The fourth-order valence-electron chi connectivity index (χ4n) is 0.850. The van der Waals surface area contributed by atoms with Crippen molar-refractivity contribution in [1.82, 2.24) is 0 Å². The molecule has 0 bridgehead atoms. The molecular formula is C8H11NO3S. The number of hydrogen-bond donors (Lipinski definition) is 1. The van der Waals surface area contributed by atoms with E-state index in [1.54, 1.807) is 0 Å². The van der Waals surface area contributed by atoms with Gasteiger partial charge >= 0.3 is 0 Å². The Morgan fingerprint density at radius 2 is 1.85 bits per heavy atom. The van der Waals surface area contributed by atoms with Gasteiger partial charge < -0.3 is 4.74 Å². The summed E-state index contributed by atoms with van der Waals surface area (Å²) in [5, 5.41) is 4.75. The molecule has 0 saturated carbocycles. The molecular weight excluding hydrogens is 190 g/mol. The van der Waals surface area contributed by atoms with Crippen molar-refractivity contribution in [2.24, 2.45) is 5.14 Å². The third-order valence-corrected chi connectivity index (χ3v) is 1.85. The molecule has 4 nitrogen and oxygen atoms in total. The van der Waals surface area contributed by atoms with Gasteiger partial charge in [0.25, 0.3) is 0 Å². The molecule has 0 aliphatic carbocycles. The second kappa shape index (κ2) is 4.36. The Bertz CT molecular complexity index is 347. The molecule has 72 valence electrons. The molecule has 1 rings (SSSR count). The Labute approximate surface area is 77.4 Å². The van der Waals surface area contributed by atoms with E-state index < -0.39 is 16.0 Å². The zero-order valence-electron chi connectivity index (χ0n) is 7.01. The SMILES string of the molecule is NS(=O)(=O)COCc1ccccc1. The second-order valence-electron chi connectivity index (χ2n) is 2.61. The first-order chi connectivity index (χ1) is 6.08. The number of benzene rings is 1. The van der Waals surface area contributed by atoms with Gasteiger partial charge in [-0.3, -0.25) is 0 Å². The summed E-state index contributed by atoms with van der Waals surface area (Å²) in [5.74, 6) is -0.443. The Hall–Kier alpha value is -0.910. The van der Waals surface area contributed by atoms with E-state index in [0.717, 1.165) is 5.56 Å². The van der Waals surface area contributed by atoms with Crippen molar-refractivity contribution in [2.75, 3.05) is 5.94 Å². The number of ether oxygens (including phenoxy) is 1. The lowest BCUT2D eigenvalue weighted by Gasteiger charge is -2.01. The van der Waals surface area contributed by atoms with E-state index in [1.807, 2.05) is 30.3 Å². The summed E-state index contributed by atoms with van der Waals surface area (Å²) in [6.07, 6.45) is 0. The van der Waals surface area contributed by atoms with E-state index in [4.69, 9.17) is 9.88 Å². The molecule has 13 heavy (non-hydrogen) atoms. The van der Waals surface area contributed by atoms with Crippen LogP contribution in [0.25, 0.3) is 0 Å². The fourth-order valence-corrected chi connectivity index (χ4v) is 1.17. The van der Waals surface area contributed by atoms with Gasteiger partial charge in [0.1, 0.15) is 0 Å². The van der Waals surface area contributed by atoms with Crippen LogP contribution in [0.3, 0.4) is 0 Å². The van der Waals surface area contributed by atoms with Crippen LogP contribution >= 0.6 is 0 Å². The predicted octanol–water partition coefficient (Wildman–Crippen LogP) is 0.449. The molecule has 0 unspecified atom stereocenters. The number of primary sulfonamides is 1. The van der Waals surface area contributed by atoms with Crippen LogP contribution in [0.4, 0.5) is 0 Å². The monoisotopic (exact) mass is 201 g/mol. The highest BCUT2D eigenvalue weighted by Crippen LogP contribution is 2.00. The normalized spacial score (nSPS) is 11.5. The van der Waals surface area contributed by atoms with Crippen LogP contribution < -0.4 is 5.14 Å². The van der Waals surface area contributed by atoms with Crippen molar-refractivity contribution in [1.29, 1.82) is 0 Å². The highest BCUT2D eigenvalue weighted by Gasteiger charge is 2.01. The van der Waals surface area contributed by atoms with Gasteiger partial charge in [-0.2, -0.15) is 0 Å². The van der Waals surface area contributed by atoms with Gasteiger partial charge in [-0.1, -0.05) is 30.3 Å². The molecule has 0 aromatic heterocycles. The van der Waals surface area contributed by atoms with Gasteiger partial charge in [0.05, 0.1) is 6.61 Å². The summed E-state index contributed by atoms with van der Waals surface area (Å²) < 4.78 is 25.8. The lowest BCUT2D eigenvalue weighted by atomic mass is 10.2. The summed E-state index contributed by atoms with van der Waals surface area (Å²) in [5.41, 5.74) is 0.922. The Morgan fingerprint density at radius 1 is 1.23 bits per heavy atom. The number of rotatable bonds is 4. The zero-order chi connectivity index (χ0) is 9.73. The second-order valence-corrected chi connectivity index (χ2v) is 4.18. The number of nitrogens with two attached hydrogens (primary N) is 1. The van der Waals surface area contributed by atoms with Crippen LogP contribution in [0.5, 0.6) is 0 Å². The highest BCUT2D eigenvalue weighted by molar-refractivity contribution is 7.88. The molecule has 0 aliphatic rings. The van der Waals surface area contributed by atoms with Crippen molar-refractivity contribution >= 4 is 10.0 Å². The van der Waals surface area contributed by atoms with Gasteiger partial charge in [-0.05, 0) is 5.56 Å². The van der Waals surface area contributed by atoms with Crippen molar-refractivity contribution in [3.05, 3.63) is 35.9 Å². The molecule has 0 fully saturated rings. The third kappa shape index (κ3) is 4.62. The molecule has 0 amide bonds. The Morgan fingerprint density at radius 3 is 2.38 bits per heavy atom. The first kappa shape index (κ1) is 10.2. The van der Waals surface area contributed by atoms with Crippen LogP contribution in [0.2, 0.25) is 0 Å². The van der Waals surface area contributed by atoms with Crippen LogP contribution in [0, 0.1) is 0 Å². The fraction of sp³-hybridized carbons (Fsp3) is 0.250. The van der Waals surface area contributed by atoms with Crippen molar-refractivity contribution < 1.29 is 13.2 Å². The molecule has 1 aromatic carbocycles. The maximum atomic E-state index is 10.5. The summed E-state index contributed by atoms with van der Waals surface area (Å²) in [6, 6.07) is 9.29. The summed E-state index contributed by atoms with van der Waals surface area (Å²) in [4.78, 5) is 0. The molecule has 0 radical (unpaired) electrons.